The molecule has 1 aromatic carbocycles. The third kappa shape index (κ3) is 4.79. The number of hydrogen-bond acceptors (Lipinski definition) is 6. The van der Waals surface area contributed by atoms with Gasteiger partial charge in [0.25, 0.3) is 0 Å². The molecule has 0 aliphatic carbocycles. The van der Waals surface area contributed by atoms with Crippen molar-refractivity contribution in [1.29, 1.82) is 5.41 Å². The van der Waals surface area contributed by atoms with Gasteiger partial charge in [-0.25, -0.2) is 4.98 Å². The van der Waals surface area contributed by atoms with Gasteiger partial charge in [-0.15, -0.1) is 0 Å². The number of nitrogen functional groups attached to an aromatic ring is 1. The Labute approximate surface area is 165 Å². The largest absolute Gasteiger partial charge is 0.493 e. The van der Waals surface area contributed by atoms with E-state index in [1.54, 1.807) is 26.1 Å². The van der Waals surface area contributed by atoms with E-state index in [0.29, 0.717) is 23.8 Å². The van der Waals surface area contributed by atoms with Crippen LogP contribution in [0.4, 0.5) is 0 Å². The van der Waals surface area contributed by atoms with Gasteiger partial charge in [0.2, 0.25) is 5.88 Å². The normalized spacial score (nSPS) is 11.0. The van der Waals surface area contributed by atoms with E-state index in [0.717, 1.165) is 16.7 Å². The van der Waals surface area contributed by atoms with Gasteiger partial charge in [0.1, 0.15) is 18.2 Å². The first-order valence-corrected chi connectivity index (χ1v) is 8.99. The average Bonchev–Trinajstić information content (AvgIpc) is 2.65. The van der Waals surface area contributed by atoms with Crippen molar-refractivity contribution in [2.45, 2.75) is 27.7 Å². The van der Waals surface area contributed by atoms with Crippen LogP contribution in [-0.4, -0.2) is 37.1 Å². The molecule has 0 saturated carbocycles. The van der Waals surface area contributed by atoms with Crippen LogP contribution in [-0.2, 0) is 9.53 Å². The molecule has 150 valence electrons. The van der Waals surface area contributed by atoms with E-state index < -0.39 is 5.41 Å². The van der Waals surface area contributed by atoms with E-state index in [9.17, 15) is 4.79 Å². The molecule has 0 aliphatic rings. The standard InChI is InChI=1S/C21H27N3O4/c1-6-27-17-10-18(28-12-21(3,4)20(25)26-5)24-11-16(17)14-7-8-15(19(22)23)13(2)9-14/h7-11H,6,12H2,1-5H3,(H3,22,23). The zero-order valence-electron chi connectivity index (χ0n) is 17.0. The molecular weight excluding hydrogens is 358 g/mol. The smallest absolute Gasteiger partial charge is 0.314 e. The number of aryl methyl sites for hydroxylation is 1. The van der Waals surface area contributed by atoms with Crippen LogP contribution >= 0.6 is 0 Å². The Morgan fingerprint density at radius 2 is 1.96 bits per heavy atom. The number of esters is 1. The van der Waals surface area contributed by atoms with Gasteiger partial charge in [-0.05, 0) is 38.8 Å². The number of nitrogens with zero attached hydrogens (tertiary/aromatic N) is 1. The van der Waals surface area contributed by atoms with Gasteiger partial charge < -0.3 is 19.9 Å². The molecule has 0 spiro atoms. The molecule has 0 saturated heterocycles. The molecule has 0 radical (unpaired) electrons. The van der Waals surface area contributed by atoms with Crippen molar-refractivity contribution >= 4 is 11.8 Å². The van der Waals surface area contributed by atoms with Crippen molar-refractivity contribution in [3.8, 4) is 22.8 Å². The number of pyridine rings is 1. The van der Waals surface area contributed by atoms with Crippen molar-refractivity contribution in [2.75, 3.05) is 20.3 Å². The number of ether oxygens (including phenoxy) is 3. The molecule has 0 bridgehead atoms. The summed E-state index contributed by atoms with van der Waals surface area (Å²) in [5, 5.41) is 7.62. The lowest BCUT2D eigenvalue weighted by molar-refractivity contribution is -0.152. The van der Waals surface area contributed by atoms with E-state index in [4.69, 9.17) is 25.4 Å². The lowest BCUT2D eigenvalue weighted by atomic mass is 9.95. The zero-order valence-corrected chi connectivity index (χ0v) is 17.0. The van der Waals surface area contributed by atoms with Gasteiger partial charge in [-0.1, -0.05) is 18.2 Å². The fraction of sp³-hybridized carbons (Fsp3) is 0.381. The molecule has 3 N–H and O–H groups in total. The summed E-state index contributed by atoms with van der Waals surface area (Å²) in [4.78, 5) is 16.2. The van der Waals surface area contributed by atoms with Gasteiger partial charge in [0, 0.05) is 23.4 Å². The minimum absolute atomic E-state index is 0.0316. The minimum Gasteiger partial charge on any atom is -0.493 e. The van der Waals surface area contributed by atoms with Gasteiger partial charge in [-0.2, -0.15) is 0 Å². The predicted octanol–water partition coefficient (Wildman–Crippen LogP) is 3.32. The van der Waals surface area contributed by atoms with Gasteiger partial charge in [0.15, 0.2) is 0 Å². The number of nitrogens with two attached hydrogens (primary N) is 1. The zero-order chi connectivity index (χ0) is 20.9. The molecule has 0 atom stereocenters. The Morgan fingerprint density at radius 3 is 2.54 bits per heavy atom. The van der Waals surface area contributed by atoms with Crippen LogP contribution in [0.3, 0.4) is 0 Å². The summed E-state index contributed by atoms with van der Waals surface area (Å²) in [6.07, 6.45) is 1.67. The second-order valence-electron chi connectivity index (χ2n) is 7.06. The fourth-order valence-corrected chi connectivity index (χ4v) is 2.71. The molecule has 0 fully saturated rings. The molecule has 0 amide bonds. The molecule has 1 heterocycles. The van der Waals surface area contributed by atoms with E-state index in [-0.39, 0.29) is 18.4 Å². The number of carbonyl (C=O) groups excluding carboxylic acids is 1. The summed E-state index contributed by atoms with van der Waals surface area (Å²) in [5.74, 6) is 0.666. The fourth-order valence-electron chi connectivity index (χ4n) is 2.71. The van der Waals surface area contributed by atoms with Crippen LogP contribution in [0.2, 0.25) is 0 Å². The molecule has 2 aromatic rings. The van der Waals surface area contributed by atoms with Crippen molar-refractivity contribution in [2.24, 2.45) is 11.1 Å². The summed E-state index contributed by atoms with van der Waals surface area (Å²) in [5.41, 5.74) is 8.10. The molecule has 0 unspecified atom stereocenters. The Morgan fingerprint density at radius 1 is 1.25 bits per heavy atom. The molecule has 28 heavy (non-hydrogen) atoms. The third-order valence-electron chi connectivity index (χ3n) is 4.29. The highest BCUT2D eigenvalue weighted by Crippen LogP contribution is 2.33. The molecule has 7 nitrogen and oxygen atoms in total. The van der Waals surface area contributed by atoms with E-state index in [2.05, 4.69) is 4.98 Å². The molecule has 2 rings (SSSR count). The van der Waals surface area contributed by atoms with Crippen molar-refractivity contribution < 1.29 is 19.0 Å². The Balaban J connectivity index is 2.31. The molecule has 1 aromatic heterocycles. The van der Waals surface area contributed by atoms with Crippen LogP contribution in [0.5, 0.6) is 11.6 Å². The first-order chi connectivity index (χ1) is 13.2. The topological polar surface area (TPSA) is 108 Å². The number of aromatic nitrogens is 1. The SMILES string of the molecule is CCOc1cc(OCC(C)(C)C(=O)OC)ncc1-c1ccc(C(=N)N)c(C)c1. The Bertz CT molecular complexity index is 878. The highest BCUT2D eigenvalue weighted by atomic mass is 16.5. The highest BCUT2D eigenvalue weighted by Gasteiger charge is 2.30. The second kappa shape index (κ2) is 8.73. The quantitative estimate of drug-likeness (QED) is 0.410. The first kappa shape index (κ1) is 21.2. The maximum Gasteiger partial charge on any atom is 0.314 e. The second-order valence-corrected chi connectivity index (χ2v) is 7.06. The maximum absolute atomic E-state index is 11.8. The number of nitrogens with one attached hydrogen (secondary N) is 1. The summed E-state index contributed by atoms with van der Waals surface area (Å²) in [6.45, 7) is 7.90. The summed E-state index contributed by atoms with van der Waals surface area (Å²) in [6, 6.07) is 7.34. The number of methoxy groups -OCH3 is 1. The number of amidine groups is 1. The van der Waals surface area contributed by atoms with Crippen LogP contribution in [0.15, 0.2) is 30.5 Å². The monoisotopic (exact) mass is 385 g/mol. The number of benzene rings is 1. The predicted molar refractivity (Wildman–Crippen MR) is 108 cm³/mol. The number of hydrogen-bond donors (Lipinski definition) is 2. The van der Waals surface area contributed by atoms with Gasteiger partial charge in [-0.3, -0.25) is 10.2 Å². The maximum atomic E-state index is 11.8. The lowest BCUT2D eigenvalue weighted by Crippen LogP contribution is -2.32. The van der Waals surface area contributed by atoms with Gasteiger partial charge in [0.05, 0.1) is 19.1 Å². The molecular formula is C21H27N3O4. The number of rotatable bonds is 8. The Hall–Kier alpha value is -3.09. The summed E-state index contributed by atoms with van der Waals surface area (Å²) < 4.78 is 16.3. The molecule has 0 aliphatic heterocycles. The van der Waals surface area contributed by atoms with Crippen molar-refractivity contribution in [3.63, 3.8) is 0 Å². The summed E-state index contributed by atoms with van der Waals surface area (Å²) >= 11 is 0. The van der Waals surface area contributed by atoms with E-state index in [1.807, 2.05) is 32.0 Å². The summed E-state index contributed by atoms with van der Waals surface area (Å²) in [7, 11) is 1.35. The lowest BCUT2D eigenvalue weighted by Gasteiger charge is -2.21. The Kier molecular flexibility index (Phi) is 6.62. The number of carbonyl (C=O) groups is 1. The van der Waals surface area contributed by atoms with Crippen LogP contribution in [0, 0.1) is 17.7 Å². The highest BCUT2D eigenvalue weighted by molar-refractivity contribution is 5.97. The van der Waals surface area contributed by atoms with Crippen molar-refractivity contribution in [1.82, 2.24) is 4.98 Å². The van der Waals surface area contributed by atoms with Crippen LogP contribution < -0.4 is 15.2 Å². The first-order valence-electron chi connectivity index (χ1n) is 8.99. The van der Waals surface area contributed by atoms with E-state index in [1.165, 1.54) is 7.11 Å². The van der Waals surface area contributed by atoms with Gasteiger partial charge >= 0.3 is 5.97 Å². The molecule has 7 heteroatoms. The van der Waals surface area contributed by atoms with Crippen molar-refractivity contribution in [3.05, 3.63) is 41.6 Å². The van der Waals surface area contributed by atoms with E-state index >= 15 is 0 Å². The van der Waals surface area contributed by atoms with Crippen LogP contribution in [0.1, 0.15) is 31.9 Å². The third-order valence-corrected chi connectivity index (χ3v) is 4.29. The van der Waals surface area contributed by atoms with Crippen LogP contribution in [0.25, 0.3) is 11.1 Å². The minimum atomic E-state index is -0.791. The average molecular weight is 385 g/mol.